The largest absolute Gasteiger partial charge is 0.508 e. The molecule has 1 heterocycles. The third kappa shape index (κ3) is 5.33. The lowest BCUT2D eigenvalue weighted by atomic mass is 9.92. The molecule has 0 bridgehead atoms. The van der Waals surface area contributed by atoms with E-state index in [2.05, 4.69) is 10.2 Å². The molecule has 1 aliphatic heterocycles. The van der Waals surface area contributed by atoms with E-state index in [9.17, 15) is 9.90 Å². The summed E-state index contributed by atoms with van der Waals surface area (Å²) in [7, 11) is 0. The molecule has 4 heteroatoms. The van der Waals surface area contributed by atoms with Crippen LogP contribution in [0.2, 0.25) is 0 Å². The number of phenolic OH excluding ortho intramolecular Hbond substituents is 1. The van der Waals surface area contributed by atoms with Gasteiger partial charge in [0.1, 0.15) is 5.75 Å². The van der Waals surface area contributed by atoms with E-state index >= 15 is 0 Å². The molecule has 3 rings (SSSR count). The van der Waals surface area contributed by atoms with E-state index < -0.39 is 0 Å². The van der Waals surface area contributed by atoms with E-state index in [0.717, 1.165) is 50.1 Å². The number of aromatic hydroxyl groups is 1. The van der Waals surface area contributed by atoms with Gasteiger partial charge in [-0.1, -0.05) is 36.4 Å². The highest BCUT2D eigenvalue weighted by atomic mass is 16.3. The predicted octanol–water partition coefficient (Wildman–Crippen LogP) is 4.02. The van der Waals surface area contributed by atoms with Gasteiger partial charge in [-0.2, -0.15) is 0 Å². The van der Waals surface area contributed by atoms with Crippen molar-refractivity contribution in [2.75, 3.05) is 18.4 Å². The number of phenols is 1. The summed E-state index contributed by atoms with van der Waals surface area (Å²) in [4.78, 5) is 14.4. The molecule has 2 aromatic carbocycles. The SMILES string of the molecule is O=C(CCC1CCN(Cc2ccccc2O)CC1)Nc1ccccc1. The van der Waals surface area contributed by atoms with Crippen LogP contribution in [-0.4, -0.2) is 29.0 Å². The van der Waals surface area contributed by atoms with Crippen LogP contribution in [0.5, 0.6) is 5.75 Å². The maximum atomic E-state index is 12.0. The van der Waals surface area contributed by atoms with Crippen LogP contribution in [0.15, 0.2) is 54.6 Å². The van der Waals surface area contributed by atoms with Crippen LogP contribution < -0.4 is 5.32 Å². The molecule has 132 valence electrons. The van der Waals surface area contributed by atoms with Crippen LogP contribution in [-0.2, 0) is 11.3 Å². The summed E-state index contributed by atoms with van der Waals surface area (Å²) in [6, 6.07) is 17.2. The summed E-state index contributed by atoms with van der Waals surface area (Å²) in [6.07, 6.45) is 3.76. The number of para-hydroxylation sites is 2. The van der Waals surface area contributed by atoms with Crippen molar-refractivity contribution in [1.29, 1.82) is 0 Å². The maximum Gasteiger partial charge on any atom is 0.224 e. The first-order valence-electron chi connectivity index (χ1n) is 9.05. The van der Waals surface area contributed by atoms with Gasteiger partial charge in [0, 0.05) is 24.2 Å². The number of benzene rings is 2. The average molecular weight is 338 g/mol. The highest BCUT2D eigenvalue weighted by Gasteiger charge is 2.20. The molecule has 0 aromatic heterocycles. The normalized spacial score (nSPS) is 15.8. The van der Waals surface area contributed by atoms with Crippen molar-refractivity contribution >= 4 is 11.6 Å². The summed E-state index contributed by atoms with van der Waals surface area (Å²) >= 11 is 0. The number of anilines is 1. The molecule has 1 amide bonds. The molecule has 4 nitrogen and oxygen atoms in total. The van der Waals surface area contributed by atoms with Gasteiger partial charge in [-0.25, -0.2) is 0 Å². The van der Waals surface area contributed by atoms with Crippen molar-refractivity contribution in [3.05, 3.63) is 60.2 Å². The Bertz CT molecular complexity index is 679. The van der Waals surface area contributed by atoms with Crippen molar-refractivity contribution in [1.82, 2.24) is 4.90 Å². The fraction of sp³-hybridized carbons (Fsp3) is 0.381. The summed E-state index contributed by atoms with van der Waals surface area (Å²) in [5, 5.41) is 12.8. The van der Waals surface area contributed by atoms with Crippen LogP contribution in [0.4, 0.5) is 5.69 Å². The number of carbonyl (C=O) groups excluding carboxylic acids is 1. The maximum absolute atomic E-state index is 12.0. The van der Waals surface area contributed by atoms with E-state index in [1.807, 2.05) is 48.5 Å². The Hall–Kier alpha value is -2.33. The second-order valence-electron chi connectivity index (χ2n) is 6.80. The van der Waals surface area contributed by atoms with Crippen molar-refractivity contribution in [3.63, 3.8) is 0 Å². The zero-order chi connectivity index (χ0) is 17.5. The van der Waals surface area contributed by atoms with Crippen molar-refractivity contribution in [2.24, 2.45) is 5.92 Å². The molecule has 0 aliphatic carbocycles. The molecule has 1 aliphatic rings. The van der Waals surface area contributed by atoms with Gasteiger partial charge in [-0.15, -0.1) is 0 Å². The average Bonchev–Trinajstić information content (AvgIpc) is 2.64. The Morgan fingerprint density at radius 3 is 2.44 bits per heavy atom. The van der Waals surface area contributed by atoms with Crippen LogP contribution in [0, 0.1) is 5.92 Å². The molecule has 0 spiro atoms. The fourth-order valence-corrected chi connectivity index (χ4v) is 3.40. The van der Waals surface area contributed by atoms with Gasteiger partial charge in [0.25, 0.3) is 0 Å². The fourth-order valence-electron chi connectivity index (χ4n) is 3.40. The van der Waals surface area contributed by atoms with Gasteiger partial charge in [-0.3, -0.25) is 9.69 Å². The van der Waals surface area contributed by atoms with Gasteiger partial charge in [0.05, 0.1) is 0 Å². The lowest BCUT2D eigenvalue weighted by Gasteiger charge is -2.32. The third-order valence-electron chi connectivity index (χ3n) is 4.93. The minimum Gasteiger partial charge on any atom is -0.508 e. The Morgan fingerprint density at radius 2 is 1.72 bits per heavy atom. The monoisotopic (exact) mass is 338 g/mol. The highest BCUT2D eigenvalue weighted by molar-refractivity contribution is 5.90. The molecule has 2 N–H and O–H groups in total. The predicted molar refractivity (Wildman–Crippen MR) is 100 cm³/mol. The van der Waals surface area contributed by atoms with Crippen molar-refractivity contribution in [3.8, 4) is 5.75 Å². The summed E-state index contributed by atoms with van der Waals surface area (Å²) in [6.45, 7) is 2.85. The van der Waals surface area contributed by atoms with Gasteiger partial charge in [0.15, 0.2) is 0 Å². The van der Waals surface area contributed by atoms with Gasteiger partial charge in [-0.05, 0) is 56.5 Å². The Kier molecular flexibility index (Phi) is 6.07. The minimum atomic E-state index is 0.0998. The standard InChI is InChI=1S/C21H26N2O2/c24-20-9-5-4-6-18(20)16-23-14-12-17(13-15-23)10-11-21(25)22-19-7-2-1-3-8-19/h1-9,17,24H,10-16H2,(H,22,25). The van der Waals surface area contributed by atoms with Gasteiger partial charge >= 0.3 is 0 Å². The number of nitrogens with one attached hydrogen (secondary N) is 1. The number of hydrogen-bond donors (Lipinski definition) is 2. The third-order valence-corrected chi connectivity index (χ3v) is 4.93. The second kappa shape index (κ2) is 8.67. The Balaban J connectivity index is 1.38. The molecule has 0 atom stereocenters. The number of piperidine rings is 1. The molecule has 1 saturated heterocycles. The van der Waals surface area contributed by atoms with E-state index in [1.54, 1.807) is 6.07 Å². The van der Waals surface area contributed by atoms with Gasteiger partial charge < -0.3 is 10.4 Å². The number of nitrogens with zero attached hydrogens (tertiary/aromatic N) is 1. The van der Waals surface area contributed by atoms with Crippen LogP contribution >= 0.6 is 0 Å². The second-order valence-corrected chi connectivity index (χ2v) is 6.80. The molecule has 2 aromatic rings. The lowest BCUT2D eigenvalue weighted by Crippen LogP contribution is -2.33. The first-order valence-corrected chi connectivity index (χ1v) is 9.05. The van der Waals surface area contributed by atoms with Crippen molar-refractivity contribution < 1.29 is 9.90 Å². The van der Waals surface area contributed by atoms with E-state index in [0.29, 0.717) is 18.1 Å². The van der Waals surface area contributed by atoms with E-state index in [4.69, 9.17) is 0 Å². The molecular weight excluding hydrogens is 312 g/mol. The smallest absolute Gasteiger partial charge is 0.224 e. The van der Waals surface area contributed by atoms with E-state index in [1.165, 1.54) is 0 Å². The molecule has 0 unspecified atom stereocenters. The van der Waals surface area contributed by atoms with Crippen LogP contribution in [0.1, 0.15) is 31.2 Å². The van der Waals surface area contributed by atoms with Crippen molar-refractivity contribution in [2.45, 2.75) is 32.2 Å². The highest BCUT2D eigenvalue weighted by Crippen LogP contribution is 2.25. The number of likely N-dealkylation sites (tertiary alicyclic amines) is 1. The molecule has 25 heavy (non-hydrogen) atoms. The zero-order valence-corrected chi connectivity index (χ0v) is 14.5. The molecule has 1 fully saturated rings. The summed E-state index contributed by atoms with van der Waals surface area (Å²) < 4.78 is 0. The number of hydrogen-bond acceptors (Lipinski definition) is 3. The van der Waals surface area contributed by atoms with E-state index in [-0.39, 0.29) is 5.91 Å². The first-order chi connectivity index (χ1) is 12.2. The number of rotatable bonds is 6. The number of carbonyl (C=O) groups is 1. The van der Waals surface area contributed by atoms with Crippen LogP contribution in [0.3, 0.4) is 0 Å². The lowest BCUT2D eigenvalue weighted by molar-refractivity contribution is -0.116. The topological polar surface area (TPSA) is 52.6 Å². The Morgan fingerprint density at radius 1 is 1.04 bits per heavy atom. The zero-order valence-electron chi connectivity index (χ0n) is 14.5. The molecule has 0 radical (unpaired) electrons. The van der Waals surface area contributed by atoms with Gasteiger partial charge in [0.2, 0.25) is 5.91 Å². The first kappa shape index (κ1) is 17.5. The minimum absolute atomic E-state index is 0.0998. The Labute approximate surface area is 149 Å². The number of amides is 1. The molecular formula is C21H26N2O2. The molecule has 0 saturated carbocycles. The summed E-state index contributed by atoms with van der Waals surface area (Å²) in [5.74, 6) is 1.09. The van der Waals surface area contributed by atoms with Crippen LogP contribution in [0.25, 0.3) is 0 Å². The quantitative estimate of drug-likeness (QED) is 0.836. The summed E-state index contributed by atoms with van der Waals surface area (Å²) in [5.41, 5.74) is 1.85.